The maximum Gasteiger partial charge on any atom is 0.319 e. The molecule has 3 saturated carbocycles. The van der Waals surface area contributed by atoms with Crippen molar-refractivity contribution in [3.63, 3.8) is 0 Å². The van der Waals surface area contributed by atoms with Gasteiger partial charge < -0.3 is 34.8 Å². The minimum atomic E-state index is -0.598. The molecule has 2 aromatic heterocycles. The van der Waals surface area contributed by atoms with Crippen LogP contribution in [0, 0.1) is 22.6 Å². The molecular formula is C53H62ClFN10O5. The number of carbonyl (C=O) groups excluding carboxylic acids is 3. The highest BCUT2D eigenvalue weighted by atomic mass is 35.5. The number of phenols is 1. The van der Waals surface area contributed by atoms with Crippen LogP contribution in [-0.4, -0.2) is 143 Å². The van der Waals surface area contributed by atoms with E-state index in [0.717, 1.165) is 127 Å². The number of anilines is 2. The summed E-state index contributed by atoms with van der Waals surface area (Å²) in [5.41, 5.74) is 4.89. The lowest BCUT2D eigenvalue weighted by Crippen LogP contribution is -2.53. The van der Waals surface area contributed by atoms with E-state index in [2.05, 4.69) is 41.3 Å². The van der Waals surface area contributed by atoms with Crippen LogP contribution in [0.3, 0.4) is 0 Å². The predicted octanol–water partition coefficient (Wildman–Crippen LogP) is 6.24. The lowest BCUT2D eigenvalue weighted by molar-refractivity contribution is -0.136. The minimum absolute atomic E-state index is 0.0217. The Morgan fingerprint density at radius 2 is 1.63 bits per heavy atom. The summed E-state index contributed by atoms with van der Waals surface area (Å²) in [6, 6.07) is 9.50. The number of amides is 3. The number of halogens is 2. The maximum absolute atomic E-state index is 17.0. The summed E-state index contributed by atoms with van der Waals surface area (Å²) in [6.07, 6.45) is 13.7. The number of likely N-dealkylation sites (tertiary alicyclic amines) is 1. The molecule has 8 heterocycles. The number of carbonyl (C=O) groups is 3. The zero-order valence-corrected chi connectivity index (χ0v) is 40.5. The third-order valence-corrected chi connectivity index (χ3v) is 18.0. The third kappa shape index (κ3) is 8.33. The smallest absolute Gasteiger partial charge is 0.319 e. The van der Waals surface area contributed by atoms with Crippen LogP contribution in [0.4, 0.5) is 15.9 Å². The number of aromatic hydroxyl groups is 1. The highest BCUT2D eigenvalue weighted by molar-refractivity contribution is 6.32. The number of pyridine rings is 1. The van der Waals surface area contributed by atoms with Gasteiger partial charge in [0, 0.05) is 111 Å². The molecule has 15 nitrogen and oxygen atoms in total. The van der Waals surface area contributed by atoms with Crippen LogP contribution < -0.4 is 25.2 Å². The van der Waals surface area contributed by atoms with Gasteiger partial charge in [-0.2, -0.15) is 9.97 Å². The fraction of sp³-hybridized carbons (Fsp3) is 0.585. The Labute approximate surface area is 412 Å². The van der Waals surface area contributed by atoms with Gasteiger partial charge >= 0.3 is 6.01 Å². The van der Waals surface area contributed by atoms with Crippen LogP contribution in [0.2, 0.25) is 5.02 Å². The van der Waals surface area contributed by atoms with Crippen molar-refractivity contribution in [2.45, 2.75) is 108 Å². The molecule has 5 saturated heterocycles. The highest BCUT2D eigenvalue weighted by Gasteiger charge is 2.50. The molecule has 3 N–H and O–H groups in total. The van der Waals surface area contributed by atoms with E-state index in [-0.39, 0.29) is 58.4 Å². The van der Waals surface area contributed by atoms with Crippen molar-refractivity contribution >= 4 is 51.7 Å². The standard InChI is InChI=1S/C53H62ClFN10O5/c54-41-21-37(66)20-39(44(41)32-1-2-32)46-45(55)47-40(24-56-46)48(64-27-34-3-4-35(28-64)57-34)60-51(59-47)70-30-53(9-10-53)29-62-13-11-52(12-14-62)22-31(23-52)25-61-15-17-63(18-16-61)36-5-6-38-33(19-36)26-65(50(38)69)42-7-8-43(67)58-49(42)68/h5-6,19-21,24,31-32,34-35,42,57,66H,1-4,7-18,22-23,25-30H2,(H,58,67,68)/t34?,35?,42-/m0/s1. The molecule has 13 rings (SSSR count). The van der Waals surface area contributed by atoms with Crippen molar-refractivity contribution in [1.29, 1.82) is 0 Å². The fourth-order valence-electron chi connectivity index (χ4n) is 13.5. The number of hydrogen-bond donors (Lipinski definition) is 3. The second-order valence-electron chi connectivity index (χ2n) is 22.6. The quantitative estimate of drug-likeness (QED) is 0.137. The summed E-state index contributed by atoms with van der Waals surface area (Å²) in [5, 5.41) is 17.6. The van der Waals surface area contributed by atoms with Gasteiger partial charge in [0.1, 0.15) is 28.8 Å². The third-order valence-electron chi connectivity index (χ3n) is 17.7. The van der Waals surface area contributed by atoms with Gasteiger partial charge in [-0.1, -0.05) is 11.6 Å². The molecule has 2 aromatic carbocycles. The number of phenolic OH excluding ortho intramolecular Hbond substituents is 1. The number of rotatable bonds is 12. The van der Waals surface area contributed by atoms with Crippen molar-refractivity contribution in [3.05, 3.63) is 64.1 Å². The molecule has 3 amide bonds. The first-order valence-electron chi connectivity index (χ1n) is 25.9. The van der Waals surface area contributed by atoms with E-state index in [9.17, 15) is 19.5 Å². The normalized spacial score (nSPS) is 26.5. The summed E-state index contributed by atoms with van der Waals surface area (Å²) in [5.74, 6) is 0.267. The van der Waals surface area contributed by atoms with Crippen LogP contribution in [-0.2, 0) is 16.1 Å². The first-order valence-corrected chi connectivity index (χ1v) is 26.3. The monoisotopic (exact) mass is 972 g/mol. The number of aromatic nitrogens is 3. The second-order valence-corrected chi connectivity index (χ2v) is 23.0. The summed E-state index contributed by atoms with van der Waals surface area (Å²) in [6.45, 7) is 10.7. The molecule has 17 heteroatoms. The van der Waals surface area contributed by atoms with Crippen molar-refractivity contribution in [3.8, 4) is 23.0 Å². The largest absolute Gasteiger partial charge is 0.508 e. The number of piperidine rings is 2. The maximum atomic E-state index is 17.0. The minimum Gasteiger partial charge on any atom is -0.508 e. The number of nitrogens with zero attached hydrogens (tertiary/aromatic N) is 8. The van der Waals surface area contributed by atoms with Gasteiger partial charge in [-0.15, -0.1) is 0 Å². The number of ether oxygens (including phenoxy) is 1. The molecule has 9 aliphatic rings. The molecule has 2 unspecified atom stereocenters. The average molecular weight is 974 g/mol. The SMILES string of the molecule is O=C1CC[C@H](N2Cc3cc(N4CCN(CC5CC6(CCN(CC7(COc8nc(N9CC%10CCC(C9)N%10)c9cnc(-c%10cc(O)cc(Cl)c%10C%10CC%10)c(F)c9n8)CC7)CC6)C5)CC4)ccc3C2=O)C(=O)N1. The van der Waals surface area contributed by atoms with Gasteiger partial charge in [0.2, 0.25) is 11.8 Å². The molecule has 1 spiro atoms. The first-order chi connectivity index (χ1) is 33.9. The van der Waals surface area contributed by atoms with Crippen LogP contribution >= 0.6 is 11.6 Å². The molecule has 2 bridgehead atoms. The number of imide groups is 1. The number of benzene rings is 2. The molecule has 368 valence electrons. The van der Waals surface area contributed by atoms with E-state index < -0.39 is 11.9 Å². The molecule has 0 radical (unpaired) electrons. The molecule has 3 aliphatic carbocycles. The van der Waals surface area contributed by atoms with Gasteiger partial charge in [0.15, 0.2) is 5.82 Å². The van der Waals surface area contributed by atoms with E-state index in [4.69, 9.17) is 26.3 Å². The van der Waals surface area contributed by atoms with E-state index in [1.54, 1.807) is 17.2 Å². The lowest BCUT2D eigenvalue weighted by atomic mass is 9.57. The highest BCUT2D eigenvalue weighted by Crippen LogP contribution is 2.54. The van der Waals surface area contributed by atoms with Gasteiger partial charge in [-0.3, -0.25) is 29.6 Å². The molecule has 3 atom stereocenters. The van der Waals surface area contributed by atoms with Gasteiger partial charge in [0.25, 0.3) is 5.91 Å². The van der Waals surface area contributed by atoms with E-state index in [1.165, 1.54) is 31.7 Å². The Bertz CT molecular complexity index is 2770. The van der Waals surface area contributed by atoms with E-state index >= 15 is 4.39 Å². The van der Waals surface area contributed by atoms with Crippen LogP contribution in [0.15, 0.2) is 36.5 Å². The Morgan fingerprint density at radius 1 is 0.857 bits per heavy atom. The van der Waals surface area contributed by atoms with Crippen molar-refractivity contribution in [2.75, 3.05) is 81.9 Å². The molecule has 6 aliphatic heterocycles. The number of piperazine rings is 2. The van der Waals surface area contributed by atoms with Crippen molar-refractivity contribution < 1.29 is 28.6 Å². The molecular weight excluding hydrogens is 911 g/mol. The average Bonchev–Trinajstić information content (AvgIpc) is 4.27. The molecule has 8 fully saturated rings. The Morgan fingerprint density at radius 3 is 2.36 bits per heavy atom. The summed E-state index contributed by atoms with van der Waals surface area (Å²) in [7, 11) is 0. The van der Waals surface area contributed by atoms with Crippen LogP contribution in [0.5, 0.6) is 11.8 Å². The van der Waals surface area contributed by atoms with Gasteiger partial charge in [-0.25, -0.2) is 4.39 Å². The summed E-state index contributed by atoms with van der Waals surface area (Å²) >= 11 is 6.66. The van der Waals surface area contributed by atoms with E-state index in [0.29, 0.717) is 64.4 Å². The van der Waals surface area contributed by atoms with Gasteiger partial charge in [0.05, 0.1) is 12.0 Å². The molecule has 4 aromatic rings. The zero-order valence-electron chi connectivity index (χ0n) is 39.7. The van der Waals surface area contributed by atoms with Crippen LogP contribution in [0.25, 0.3) is 22.2 Å². The van der Waals surface area contributed by atoms with Crippen molar-refractivity contribution in [2.24, 2.45) is 16.7 Å². The Hall–Kier alpha value is -5.16. The summed E-state index contributed by atoms with van der Waals surface area (Å²) in [4.78, 5) is 63.5. The first kappa shape index (κ1) is 44.8. The van der Waals surface area contributed by atoms with E-state index in [1.807, 2.05) is 12.1 Å². The molecule has 70 heavy (non-hydrogen) atoms. The Balaban J connectivity index is 0.612. The topological polar surface area (TPSA) is 160 Å². The number of nitrogens with one attached hydrogen (secondary N) is 2. The zero-order chi connectivity index (χ0) is 47.5. The van der Waals surface area contributed by atoms with Gasteiger partial charge in [-0.05, 0) is 142 Å². The fourth-order valence-corrected chi connectivity index (χ4v) is 13.9. The lowest BCUT2D eigenvalue weighted by Gasteiger charge is -2.54. The second kappa shape index (κ2) is 17.3. The predicted molar refractivity (Wildman–Crippen MR) is 263 cm³/mol. The Kier molecular flexibility index (Phi) is 11.0. The summed E-state index contributed by atoms with van der Waals surface area (Å²) < 4.78 is 23.5. The number of hydrogen-bond acceptors (Lipinski definition) is 13. The van der Waals surface area contributed by atoms with Crippen LogP contribution in [0.1, 0.15) is 104 Å². The number of fused-ring (bicyclic) bond motifs is 4. The van der Waals surface area contributed by atoms with Crippen molar-refractivity contribution in [1.82, 2.24) is 40.3 Å².